The van der Waals surface area contributed by atoms with Gasteiger partial charge in [-0.3, -0.25) is 9.59 Å². The van der Waals surface area contributed by atoms with Crippen molar-refractivity contribution < 1.29 is 9.59 Å². The molecule has 0 unspecified atom stereocenters. The van der Waals surface area contributed by atoms with Crippen molar-refractivity contribution in [3.05, 3.63) is 75.0 Å². The molecule has 3 rings (SSSR count). The molecule has 0 saturated carbocycles. The van der Waals surface area contributed by atoms with Crippen LogP contribution in [0, 0.1) is 6.92 Å². The molecule has 0 radical (unpaired) electrons. The first kappa shape index (κ1) is 25.0. The Bertz CT molecular complexity index is 1180. The predicted octanol–water partition coefficient (Wildman–Crippen LogP) is 5.08. The summed E-state index contributed by atoms with van der Waals surface area (Å²) in [4.78, 5) is 24.6. The van der Waals surface area contributed by atoms with Gasteiger partial charge in [-0.1, -0.05) is 57.5 Å². The van der Waals surface area contributed by atoms with Crippen molar-refractivity contribution in [2.24, 2.45) is 0 Å². The molecular formula is C23H23BrClN5O2S. The Morgan fingerprint density at radius 3 is 2.73 bits per heavy atom. The molecule has 0 atom stereocenters. The van der Waals surface area contributed by atoms with E-state index in [1.165, 1.54) is 17.8 Å². The average molecular weight is 549 g/mol. The molecule has 0 aliphatic rings. The Hall–Kier alpha value is -2.62. The van der Waals surface area contributed by atoms with Crippen LogP contribution in [0.25, 0.3) is 6.08 Å². The molecule has 33 heavy (non-hydrogen) atoms. The van der Waals surface area contributed by atoms with Crippen LogP contribution < -0.4 is 10.6 Å². The van der Waals surface area contributed by atoms with Crippen LogP contribution in [0.5, 0.6) is 0 Å². The molecular weight excluding hydrogens is 526 g/mol. The molecule has 0 aliphatic heterocycles. The summed E-state index contributed by atoms with van der Waals surface area (Å²) in [6, 6.07) is 13.0. The number of carbonyl (C=O) groups excluding carboxylic acids is 2. The zero-order valence-electron chi connectivity index (χ0n) is 18.1. The minimum Gasteiger partial charge on any atom is -0.345 e. The zero-order chi connectivity index (χ0) is 23.8. The van der Waals surface area contributed by atoms with Gasteiger partial charge in [0.1, 0.15) is 0 Å². The molecule has 0 aliphatic carbocycles. The quantitative estimate of drug-likeness (QED) is 0.287. The summed E-state index contributed by atoms with van der Waals surface area (Å²) in [5.74, 6) is 0.416. The first-order valence-corrected chi connectivity index (χ1v) is 12.3. The van der Waals surface area contributed by atoms with Crippen LogP contribution in [0.1, 0.15) is 23.9 Å². The maximum Gasteiger partial charge on any atom is 0.244 e. The van der Waals surface area contributed by atoms with Crippen LogP contribution in [0.3, 0.4) is 0 Å². The van der Waals surface area contributed by atoms with Crippen molar-refractivity contribution in [1.29, 1.82) is 0 Å². The van der Waals surface area contributed by atoms with Gasteiger partial charge >= 0.3 is 0 Å². The number of amides is 2. The molecule has 2 N–H and O–H groups in total. The van der Waals surface area contributed by atoms with Crippen molar-refractivity contribution in [3.63, 3.8) is 0 Å². The molecule has 2 amide bonds. The Morgan fingerprint density at radius 1 is 1.21 bits per heavy atom. The van der Waals surface area contributed by atoms with E-state index in [9.17, 15) is 9.59 Å². The maximum absolute atomic E-state index is 12.4. The fraction of sp³-hybridized carbons (Fsp3) is 0.217. The number of hydrogen-bond acceptors (Lipinski definition) is 5. The Morgan fingerprint density at radius 2 is 2.00 bits per heavy atom. The van der Waals surface area contributed by atoms with Gasteiger partial charge in [0.15, 0.2) is 11.0 Å². The third kappa shape index (κ3) is 7.18. The summed E-state index contributed by atoms with van der Waals surface area (Å²) in [6.45, 7) is 4.73. The molecule has 1 heterocycles. The van der Waals surface area contributed by atoms with E-state index >= 15 is 0 Å². The number of aryl methyl sites for hydroxylation is 1. The summed E-state index contributed by atoms with van der Waals surface area (Å²) in [7, 11) is 0. The van der Waals surface area contributed by atoms with Gasteiger partial charge in [-0.15, -0.1) is 10.2 Å². The number of anilines is 1. The number of benzene rings is 2. The second-order valence-electron chi connectivity index (χ2n) is 7.01. The molecule has 3 aromatic rings. The van der Waals surface area contributed by atoms with E-state index in [0.717, 1.165) is 21.3 Å². The van der Waals surface area contributed by atoms with E-state index in [0.29, 0.717) is 22.5 Å². The highest BCUT2D eigenvalue weighted by Gasteiger charge is 2.14. The largest absolute Gasteiger partial charge is 0.345 e. The molecule has 10 heteroatoms. The van der Waals surface area contributed by atoms with Crippen LogP contribution >= 0.6 is 39.3 Å². The summed E-state index contributed by atoms with van der Waals surface area (Å²) in [5, 5.41) is 15.3. The zero-order valence-corrected chi connectivity index (χ0v) is 21.3. The minimum atomic E-state index is -0.265. The van der Waals surface area contributed by atoms with Crippen molar-refractivity contribution in [3.8, 4) is 0 Å². The normalized spacial score (nSPS) is 11.0. The Labute approximate surface area is 210 Å². The van der Waals surface area contributed by atoms with E-state index in [2.05, 4.69) is 36.8 Å². The third-order valence-electron chi connectivity index (χ3n) is 4.64. The topological polar surface area (TPSA) is 88.9 Å². The van der Waals surface area contributed by atoms with Crippen molar-refractivity contribution in [2.45, 2.75) is 32.1 Å². The number of nitrogens with zero attached hydrogens (tertiary/aromatic N) is 3. The van der Waals surface area contributed by atoms with Gasteiger partial charge in [0, 0.05) is 27.8 Å². The van der Waals surface area contributed by atoms with Gasteiger partial charge in [0.05, 0.1) is 12.3 Å². The van der Waals surface area contributed by atoms with Gasteiger partial charge in [0.2, 0.25) is 11.8 Å². The fourth-order valence-electron chi connectivity index (χ4n) is 2.96. The average Bonchev–Trinajstić information content (AvgIpc) is 3.19. The van der Waals surface area contributed by atoms with Gasteiger partial charge in [-0.2, -0.15) is 0 Å². The Kier molecular flexibility index (Phi) is 9.11. The van der Waals surface area contributed by atoms with Gasteiger partial charge < -0.3 is 15.2 Å². The first-order valence-electron chi connectivity index (χ1n) is 10.2. The SMILES string of the molecule is CCn1c(CNC(=O)C=Cc2ccccc2Cl)nnc1SCC(=O)Nc1ccc(Br)cc1C. The van der Waals surface area contributed by atoms with Crippen molar-refractivity contribution in [1.82, 2.24) is 20.1 Å². The standard InChI is InChI=1S/C23H23BrClN5O2S/c1-3-30-20(13-26-21(31)11-8-16-6-4-5-7-18(16)25)28-29-23(30)33-14-22(32)27-19-10-9-17(24)12-15(19)2/h4-12H,3,13-14H2,1-2H3,(H,26,31)(H,27,32). The number of carbonyl (C=O) groups is 2. The molecule has 1 aromatic heterocycles. The lowest BCUT2D eigenvalue weighted by Gasteiger charge is -2.09. The van der Waals surface area contributed by atoms with Crippen LogP contribution in [-0.4, -0.2) is 32.3 Å². The molecule has 0 spiro atoms. The number of aromatic nitrogens is 3. The fourth-order valence-corrected chi connectivity index (χ4v) is 4.45. The van der Waals surface area contributed by atoms with E-state index < -0.39 is 0 Å². The second kappa shape index (κ2) is 12.0. The highest BCUT2D eigenvalue weighted by molar-refractivity contribution is 9.10. The summed E-state index contributed by atoms with van der Waals surface area (Å²) < 4.78 is 2.84. The minimum absolute atomic E-state index is 0.129. The molecule has 0 bridgehead atoms. The first-order chi connectivity index (χ1) is 15.9. The lowest BCUT2D eigenvalue weighted by molar-refractivity contribution is -0.116. The monoisotopic (exact) mass is 547 g/mol. The van der Waals surface area contributed by atoms with Crippen LogP contribution in [0.2, 0.25) is 5.02 Å². The van der Waals surface area contributed by atoms with Gasteiger partial charge in [0.25, 0.3) is 0 Å². The molecule has 172 valence electrons. The highest BCUT2D eigenvalue weighted by atomic mass is 79.9. The maximum atomic E-state index is 12.4. The predicted molar refractivity (Wildman–Crippen MR) is 136 cm³/mol. The third-order valence-corrected chi connectivity index (χ3v) is 6.45. The van der Waals surface area contributed by atoms with Crippen LogP contribution in [0.15, 0.2) is 58.2 Å². The van der Waals surface area contributed by atoms with E-state index in [-0.39, 0.29) is 24.1 Å². The number of halogens is 2. The number of rotatable bonds is 9. The molecule has 7 nitrogen and oxygen atoms in total. The van der Waals surface area contributed by atoms with Crippen molar-refractivity contribution >= 4 is 62.9 Å². The van der Waals surface area contributed by atoms with E-state index in [4.69, 9.17) is 11.6 Å². The van der Waals surface area contributed by atoms with E-state index in [1.807, 2.05) is 54.8 Å². The molecule has 2 aromatic carbocycles. The summed E-state index contributed by atoms with van der Waals surface area (Å²) in [6.07, 6.45) is 3.09. The number of nitrogens with one attached hydrogen (secondary N) is 2. The van der Waals surface area contributed by atoms with Gasteiger partial charge in [-0.25, -0.2) is 0 Å². The molecule has 0 fully saturated rings. The Balaban J connectivity index is 1.54. The van der Waals surface area contributed by atoms with Crippen LogP contribution in [0.4, 0.5) is 5.69 Å². The molecule has 0 saturated heterocycles. The number of hydrogen-bond donors (Lipinski definition) is 2. The van der Waals surface area contributed by atoms with Crippen LogP contribution in [-0.2, 0) is 22.7 Å². The summed E-state index contributed by atoms with van der Waals surface area (Å²) in [5.41, 5.74) is 2.51. The smallest absolute Gasteiger partial charge is 0.244 e. The lowest BCUT2D eigenvalue weighted by atomic mass is 10.2. The van der Waals surface area contributed by atoms with E-state index in [1.54, 1.807) is 12.1 Å². The number of thioether (sulfide) groups is 1. The highest BCUT2D eigenvalue weighted by Crippen LogP contribution is 2.22. The van der Waals surface area contributed by atoms with Crippen molar-refractivity contribution in [2.75, 3.05) is 11.1 Å². The van der Waals surface area contributed by atoms with Gasteiger partial charge in [-0.05, 0) is 55.3 Å². The lowest BCUT2D eigenvalue weighted by Crippen LogP contribution is -2.22. The second-order valence-corrected chi connectivity index (χ2v) is 9.28. The summed E-state index contributed by atoms with van der Waals surface area (Å²) >= 11 is 10.8.